The van der Waals surface area contributed by atoms with Crippen LogP contribution in [0.5, 0.6) is 0 Å². The predicted octanol–water partition coefficient (Wildman–Crippen LogP) is 2.71. The van der Waals surface area contributed by atoms with E-state index in [0.717, 1.165) is 10.4 Å². The number of hydrogen-bond donors (Lipinski definition) is 2. The van der Waals surface area contributed by atoms with Crippen molar-refractivity contribution in [1.29, 1.82) is 0 Å². The number of amides is 2. The molecule has 0 saturated carbocycles. The van der Waals surface area contributed by atoms with E-state index < -0.39 is 15.9 Å². The van der Waals surface area contributed by atoms with Gasteiger partial charge < -0.3 is 11.1 Å². The zero-order valence-corrected chi connectivity index (χ0v) is 19.2. The highest BCUT2D eigenvalue weighted by Crippen LogP contribution is 2.33. The number of carbonyl (C=O) groups excluding carboxylic acids is 3. The molecule has 1 aliphatic heterocycles. The van der Waals surface area contributed by atoms with Gasteiger partial charge in [0.15, 0.2) is 5.78 Å². The third-order valence-electron chi connectivity index (χ3n) is 5.59. The van der Waals surface area contributed by atoms with Gasteiger partial charge in [0, 0.05) is 29.4 Å². The van der Waals surface area contributed by atoms with E-state index in [1.807, 2.05) is 6.92 Å². The van der Waals surface area contributed by atoms with Gasteiger partial charge in [-0.2, -0.15) is 4.31 Å². The number of aryl methyl sites for hydroxylation is 1. The summed E-state index contributed by atoms with van der Waals surface area (Å²) in [5, 5.41) is 3.24. The van der Waals surface area contributed by atoms with Crippen LogP contribution in [0.25, 0.3) is 0 Å². The highest BCUT2D eigenvalue weighted by Gasteiger charge is 2.33. The number of piperidine rings is 1. The maximum Gasteiger partial charge on any atom is 0.251 e. The number of Topliss-reactive ketones (excluding diaryl/α,β-unsaturated/α-hetero) is 1. The largest absolute Gasteiger partial charge is 0.365 e. The molecule has 1 fully saturated rings. The Morgan fingerprint density at radius 3 is 2.19 bits per heavy atom. The zero-order chi connectivity index (χ0) is 22.9. The number of anilines is 1. The lowest BCUT2D eigenvalue weighted by Crippen LogP contribution is -2.41. The second kappa shape index (κ2) is 8.89. The lowest BCUT2D eigenvalue weighted by atomic mass is 9.97. The maximum atomic E-state index is 12.9. The highest BCUT2D eigenvalue weighted by atomic mass is 32.2. The molecule has 166 valence electrons. The molecule has 0 aliphatic carbocycles. The number of carbonyl (C=O) groups is 3. The molecule has 2 amide bonds. The fourth-order valence-corrected chi connectivity index (χ4v) is 6.13. The molecule has 0 spiro atoms. The number of nitrogens with two attached hydrogens (primary N) is 1. The van der Waals surface area contributed by atoms with Crippen molar-refractivity contribution in [3.05, 3.63) is 45.8 Å². The lowest BCUT2D eigenvalue weighted by Gasteiger charge is -2.30. The fraction of sp³-hybridized carbons (Fsp3) is 0.381. The van der Waals surface area contributed by atoms with Crippen molar-refractivity contribution in [3.63, 3.8) is 0 Å². The SMILES string of the molecule is CC(=O)c1ccc(S(=O)(=O)N2CCC(C(=O)Nc3sc(C)c(C)c3C(N)=O)CC2)cc1. The van der Waals surface area contributed by atoms with Crippen LogP contribution in [0.2, 0.25) is 0 Å². The van der Waals surface area contributed by atoms with Gasteiger partial charge in [-0.3, -0.25) is 14.4 Å². The minimum atomic E-state index is -3.70. The Morgan fingerprint density at radius 1 is 1.10 bits per heavy atom. The molecule has 2 heterocycles. The van der Waals surface area contributed by atoms with Crippen molar-refractivity contribution < 1.29 is 22.8 Å². The van der Waals surface area contributed by atoms with E-state index in [0.29, 0.717) is 29.0 Å². The van der Waals surface area contributed by atoms with Crippen LogP contribution < -0.4 is 11.1 Å². The summed E-state index contributed by atoms with van der Waals surface area (Å²) >= 11 is 1.30. The first kappa shape index (κ1) is 23.1. The molecule has 1 saturated heterocycles. The van der Waals surface area contributed by atoms with Gasteiger partial charge in [-0.15, -0.1) is 11.3 Å². The molecular weight excluding hydrogens is 438 g/mol. The third-order valence-corrected chi connectivity index (χ3v) is 8.63. The first-order valence-corrected chi connectivity index (χ1v) is 12.1. The Hall–Kier alpha value is -2.56. The first-order chi connectivity index (χ1) is 14.5. The second-order valence-electron chi connectivity index (χ2n) is 7.60. The Labute approximate surface area is 185 Å². The van der Waals surface area contributed by atoms with Crippen LogP contribution in [0.3, 0.4) is 0 Å². The third kappa shape index (κ3) is 4.70. The summed E-state index contributed by atoms with van der Waals surface area (Å²) in [6.07, 6.45) is 0.734. The topological polar surface area (TPSA) is 127 Å². The molecule has 0 radical (unpaired) electrons. The first-order valence-electron chi connectivity index (χ1n) is 9.84. The standard InChI is InChI=1S/C21H25N3O5S2/c1-12-14(3)30-21(18(12)19(22)26)23-20(27)16-8-10-24(11-9-16)31(28,29)17-6-4-15(5-7-17)13(2)25/h4-7,16H,8-11H2,1-3H3,(H2,22,26)(H,23,27). The molecule has 8 nitrogen and oxygen atoms in total. The van der Waals surface area contributed by atoms with Crippen LogP contribution in [0.1, 0.15) is 50.9 Å². The van der Waals surface area contributed by atoms with E-state index >= 15 is 0 Å². The fourth-order valence-electron chi connectivity index (χ4n) is 3.59. The minimum absolute atomic E-state index is 0.121. The van der Waals surface area contributed by atoms with Crippen molar-refractivity contribution >= 4 is 44.0 Å². The summed E-state index contributed by atoms with van der Waals surface area (Å²) in [7, 11) is -3.70. The van der Waals surface area contributed by atoms with Crippen molar-refractivity contribution in [1.82, 2.24) is 4.31 Å². The van der Waals surface area contributed by atoms with Crippen molar-refractivity contribution in [2.45, 2.75) is 38.5 Å². The van der Waals surface area contributed by atoms with E-state index in [1.165, 1.54) is 46.8 Å². The normalized spacial score (nSPS) is 15.6. The van der Waals surface area contributed by atoms with Gasteiger partial charge in [0.1, 0.15) is 5.00 Å². The van der Waals surface area contributed by atoms with E-state index in [4.69, 9.17) is 5.73 Å². The van der Waals surface area contributed by atoms with E-state index in [1.54, 1.807) is 6.92 Å². The Bertz CT molecular complexity index is 1130. The van der Waals surface area contributed by atoms with Crippen LogP contribution >= 0.6 is 11.3 Å². The molecule has 1 aliphatic rings. The average Bonchev–Trinajstić information content (AvgIpc) is 3.01. The summed E-state index contributed by atoms with van der Waals surface area (Å²) in [4.78, 5) is 36.9. The number of nitrogens with one attached hydrogen (secondary N) is 1. The van der Waals surface area contributed by atoms with Gasteiger partial charge in [-0.25, -0.2) is 8.42 Å². The van der Waals surface area contributed by atoms with Crippen LogP contribution in [0, 0.1) is 19.8 Å². The van der Waals surface area contributed by atoms with Crippen LogP contribution in [-0.2, 0) is 14.8 Å². The smallest absolute Gasteiger partial charge is 0.251 e. The summed E-state index contributed by atoms with van der Waals surface area (Å²) < 4.78 is 27.1. The Morgan fingerprint density at radius 2 is 1.68 bits per heavy atom. The highest BCUT2D eigenvalue weighted by molar-refractivity contribution is 7.89. The number of benzene rings is 1. The number of thiophene rings is 1. The van der Waals surface area contributed by atoms with Crippen LogP contribution in [0.15, 0.2) is 29.2 Å². The molecule has 3 rings (SSSR count). The molecule has 1 aromatic carbocycles. The average molecular weight is 464 g/mol. The number of primary amides is 1. The summed E-state index contributed by atoms with van der Waals surface area (Å²) in [6.45, 7) is 5.48. The quantitative estimate of drug-likeness (QED) is 0.637. The molecule has 31 heavy (non-hydrogen) atoms. The summed E-state index contributed by atoms with van der Waals surface area (Å²) in [5.74, 6) is -1.33. The van der Waals surface area contributed by atoms with Crippen molar-refractivity contribution in [2.24, 2.45) is 11.7 Å². The van der Waals surface area contributed by atoms with Gasteiger partial charge in [0.2, 0.25) is 15.9 Å². The van der Waals surface area contributed by atoms with Gasteiger partial charge in [0.25, 0.3) is 5.91 Å². The van der Waals surface area contributed by atoms with Gasteiger partial charge in [-0.05, 0) is 51.3 Å². The molecule has 1 aromatic heterocycles. The lowest BCUT2D eigenvalue weighted by molar-refractivity contribution is -0.120. The van der Waals surface area contributed by atoms with Gasteiger partial charge >= 0.3 is 0 Å². The molecule has 2 aromatic rings. The summed E-state index contributed by atoms with van der Waals surface area (Å²) in [5.41, 5.74) is 6.98. The van der Waals surface area contributed by atoms with E-state index in [2.05, 4.69) is 5.32 Å². The molecule has 3 N–H and O–H groups in total. The number of nitrogens with zero attached hydrogens (tertiary/aromatic N) is 1. The number of hydrogen-bond acceptors (Lipinski definition) is 6. The van der Waals surface area contributed by atoms with Gasteiger partial charge in [0.05, 0.1) is 10.5 Å². The number of ketones is 1. The van der Waals surface area contributed by atoms with Crippen LogP contribution in [-0.4, -0.2) is 43.4 Å². The summed E-state index contributed by atoms with van der Waals surface area (Å²) in [6, 6.07) is 5.85. The molecule has 0 unspecified atom stereocenters. The van der Waals surface area contributed by atoms with Crippen molar-refractivity contribution in [3.8, 4) is 0 Å². The maximum absolute atomic E-state index is 12.9. The zero-order valence-electron chi connectivity index (χ0n) is 17.6. The molecular formula is C21H25N3O5S2. The predicted molar refractivity (Wildman–Crippen MR) is 119 cm³/mol. The molecule has 0 bridgehead atoms. The number of sulfonamides is 1. The Balaban J connectivity index is 1.66. The molecule has 0 atom stereocenters. The van der Waals surface area contributed by atoms with Gasteiger partial charge in [-0.1, -0.05) is 12.1 Å². The molecule has 10 heteroatoms. The second-order valence-corrected chi connectivity index (χ2v) is 10.8. The number of rotatable bonds is 6. The monoisotopic (exact) mass is 463 g/mol. The Kier molecular flexibility index (Phi) is 6.63. The minimum Gasteiger partial charge on any atom is -0.365 e. The van der Waals surface area contributed by atoms with E-state index in [-0.39, 0.29) is 35.6 Å². The van der Waals surface area contributed by atoms with Crippen molar-refractivity contribution in [2.75, 3.05) is 18.4 Å². The van der Waals surface area contributed by atoms with Crippen LogP contribution in [0.4, 0.5) is 5.00 Å². The van der Waals surface area contributed by atoms with E-state index in [9.17, 15) is 22.8 Å².